The lowest BCUT2D eigenvalue weighted by Gasteiger charge is -2.08. The van der Waals surface area contributed by atoms with Crippen LogP contribution in [0.2, 0.25) is 0 Å². The van der Waals surface area contributed by atoms with Gasteiger partial charge in [-0.2, -0.15) is 5.10 Å². The van der Waals surface area contributed by atoms with Crippen molar-refractivity contribution < 1.29 is 9.59 Å². The van der Waals surface area contributed by atoms with Crippen LogP contribution in [0.15, 0.2) is 30.3 Å². The Hall–Kier alpha value is -2.83. The van der Waals surface area contributed by atoms with Gasteiger partial charge in [-0.15, -0.1) is 0 Å². The zero-order valence-corrected chi connectivity index (χ0v) is 12.8. The summed E-state index contributed by atoms with van der Waals surface area (Å²) in [5.41, 5.74) is 2.59. The average Bonchev–Trinajstić information content (AvgIpc) is 3.25. The van der Waals surface area contributed by atoms with Gasteiger partial charge in [0, 0.05) is 29.5 Å². The van der Waals surface area contributed by atoms with Crippen LogP contribution in [-0.4, -0.2) is 28.7 Å². The largest absolute Gasteiger partial charge is 0.338 e. The minimum absolute atomic E-state index is 0.275. The van der Waals surface area contributed by atoms with Crippen molar-refractivity contribution >= 4 is 23.3 Å². The summed E-state index contributed by atoms with van der Waals surface area (Å²) in [6.45, 7) is 2.39. The number of anilines is 2. The molecule has 23 heavy (non-hydrogen) atoms. The molecule has 7 heteroatoms. The highest BCUT2D eigenvalue weighted by Gasteiger charge is 2.26. The first-order chi connectivity index (χ1) is 11.2. The van der Waals surface area contributed by atoms with Crippen LogP contribution in [0.1, 0.15) is 41.9 Å². The van der Waals surface area contributed by atoms with Gasteiger partial charge >= 0.3 is 6.03 Å². The van der Waals surface area contributed by atoms with E-state index >= 15 is 0 Å². The second kappa shape index (κ2) is 6.51. The fourth-order valence-corrected chi connectivity index (χ4v) is 2.26. The maximum atomic E-state index is 12.2. The molecule has 0 bridgehead atoms. The molecule has 1 saturated carbocycles. The second-order valence-corrected chi connectivity index (χ2v) is 5.50. The quantitative estimate of drug-likeness (QED) is 0.683. The number of rotatable bonds is 5. The summed E-state index contributed by atoms with van der Waals surface area (Å²) in [4.78, 5) is 23.7. The van der Waals surface area contributed by atoms with Gasteiger partial charge < -0.3 is 16.0 Å². The molecule has 4 N–H and O–H groups in total. The van der Waals surface area contributed by atoms with Crippen molar-refractivity contribution in [3.63, 3.8) is 0 Å². The monoisotopic (exact) mass is 313 g/mol. The SMILES string of the molecule is CCNC(=O)Nc1cccc(NC(=O)c2cc(C3CC3)[nH]n2)c1. The van der Waals surface area contributed by atoms with E-state index in [1.807, 2.05) is 6.92 Å². The van der Waals surface area contributed by atoms with Crippen molar-refractivity contribution in [2.24, 2.45) is 0 Å². The van der Waals surface area contributed by atoms with E-state index in [1.165, 1.54) is 0 Å². The van der Waals surface area contributed by atoms with E-state index in [0.29, 0.717) is 29.5 Å². The van der Waals surface area contributed by atoms with Gasteiger partial charge in [0.15, 0.2) is 5.69 Å². The first kappa shape index (κ1) is 15.1. The molecule has 0 saturated heterocycles. The second-order valence-electron chi connectivity index (χ2n) is 5.50. The highest BCUT2D eigenvalue weighted by atomic mass is 16.2. The molecule has 3 rings (SSSR count). The van der Waals surface area contributed by atoms with Crippen molar-refractivity contribution in [3.8, 4) is 0 Å². The summed E-state index contributed by atoms with van der Waals surface area (Å²) in [5.74, 6) is 0.247. The van der Waals surface area contributed by atoms with Crippen LogP contribution in [-0.2, 0) is 0 Å². The number of carbonyl (C=O) groups excluding carboxylic acids is 2. The zero-order valence-electron chi connectivity index (χ0n) is 12.8. The third-order valence-corrected chi connectivity index (χ3v) is 3.56. The normalized spacial score (nSPS) is 13.4. The van der Waals surface area contributed by atoms with Gasteiger partial charge in [0.1, 0.15) is 0 Å². The fraction of sp³-hybridized carbons (Fsp3) is 0.312. The topological polar surface area (TPSA) is 98.9 Å². The number of amides is 3. The van der Waals surface area contributed by atoms with Gasteiger partial charge in [-0.3, -0.25) is 9.89 Å². The van der Waals surface area contributed by atoms with Gasteiger partial charge in [-0.05, 0) is 44.0 Å². The molecule has 1 aliphatic carbocycles. The molecular formula is C16H19N5O2. The number of nitrogens with zero attached hydrogens (tertiary/aromatic N) is 1. The third kappa shape index (κ3) is 3.88. The molecule has 1 fully saturated rings. The Morgan fingerprint density at radius 2 is 1.96 bits per heavy atom. The fourth-order valence-electron chi connectivity index (χ4n) is 2.26. The van der Waals surface area contributed by atoms with E-state index < -0.39 is 0 Å². The highest BCUT2D eigenvalue weighted by Crippen LogP contribution is 2.39. The number of H-pyrrole nitrogens is 1. The molecule has 1 aromatic heterocycles. The van der Waals surface area contributed by atoms with E-state index in [1.54, 1.807) is 30.3 Å². The molecule has 1 aromatic carbocycles. The zero-order chi connectivity index (χ0) is 16.2. The molecule has 3 amide bonds. The standard InChI is InChI=1S/C16H19N5O2/c1-2-17-16(23)19-12-5-3-4-11(8-12)18-15(22)14-9-13(20-21-14)10-6-7-10/h3-5,8-10H,2,6-7H2,1H3,(H,18,22)(H,20,21)(H2,17,19,23). The van der Waals surface area contributed by atoms with Crippen molar-refractivity contribution in [3.05, 3.63) is 41.7 Å². The van der Waals surface area contributed by atoms with Crippen LogP contribution in [0.4, 0.5) is 16.2 Å². The summed E-state index contributed by atoms with van der Waals surface area (Å²) < 4.78 is 0. The Bertz CT molecular complexity index is 721. The Morgan fingerprint density at radius 1 is 1.22 bits per heavy atom. The maximum absolute atomic E-state index is 12.2. The number of benzene rings is 1. The molecule has 2 aromatic rings. The van der Waals surface area contributed by atoms with Crippen molar-refractivity contribution in [2.75, 3.05) is 17.2 Å². The van der Waals surface area contributed by atoms with Gasteiger partial charge in [-0.1, -0.05) is 6.07 Å². The third-order valence-electron chi connectivity index (χ3n) is 3.56. The van der Waals surface area contributed by atoms with Gasteiger partial charge in [0.05, 0.1) is 0 Å². The van der Waals surface area contributed by atoms with Crippen LogP contribution in [0.3, 0.4) is 0 Å². The number of hydrogen-bond donors (Lipinski definition) is 4. The number of aromatic amines is 1. The molecule has 0 aliphatic heterocycles. The molecule has 0 unspecified atom stereocenters. The lowest BCUT2D eigenvalue weighted by molar-refractivity contribution is 0.102. The Balaban J connectivity index is 1.64. The van der Waals surface area contributed by atoms with Crippen LogP contribution in [0.5, 0.6) is 0 Å². The number of nitrogens with one attached hydrogen (secondary N) is 4. The highest BCUT2D eigenvalue weighted by molar-refractivity contribution is 6.03. The molecule has 1 aliphatic rings. The van der Waals surface area contributed by atoms with Gasteiger partial charge in [0.25, 0.3) is 5.91 Å². The minimum Gasteiger partial charge on any atom is -0.338 e. The molecule has 1 heterocycles. The van der Waals surface area contributed by atoms with Crippen LogP contribution in [0.25, 0.3) is 0 Å². The van der Waals surface area contributed by atoms with Crippen LogP contribution < -0.4 is 16.0 Å². The van der Waals surface area contributed by atoms with E-state index in [2.05, 4.69) is 26.1 Å². The van der Waals surface area contributed by atoms with Crippen molar-refractivity contribution in [1.82, 2.24) is 15.5 Å². The summed E-state index contributed by atoms with van der Waals surface area (Å²) in [7, 11) is 0. The molecule has 7 nitrogen and oxygen atoms in total. The Kier molecular flexibility index (Phi) is 4.27. The maximum Gasteiger partial charge on any atom is 0.319 e. The summed E-state index contributed by atoms with van der Waals surface area (Å²) >= 11 is 0. The van der Waals surface area contributed by atoms with Gasteiger partial charge in [0.2, 0.25) is 0 Å². The lowest BCUT2D eigenvalue weighted by atomic mass is 10.2. The predicted molar refractivity (Wildman–Crippen MR) is 87.7 cm³/mol. The first-order valence-electron chi connectivity index (χ1n) is 7.67. The molecule has 120 valence electrons. The number of carbonyl (C=O) groups is 2. The van der Waals surface area contributed by atoms with Gasteiger partial charge in [-0.25, -0.2) is 4.79 Å². The number of aromatic nitrogens is 2. The minimum atomic E-state index is -0.280. The summed E-state index contributed by atoms with van der Waals surface area (Å²) in [5, 5.41) is 15.1. The number of hydrogen-bond acceptors (Lipinski definition) is 3. The molecule has 0 radical (unpaired) electrons. The van der Waals surface area contributed by atoms with Crippen LogP contribution >= 0.6 is 0 Å². The predicted octanol–water partition coefficient (Wildman–Crippen LogP) is 2.68. The number of urea groups is 1. The molecular weight excluding hydrogens is 294 g/mol. The molecule has 0 atom stereocenters. The van der Waals surface area contributed by atoms with Crippen LogP contribution in [0, 0.1) is 0 Å². The summed E-state index contributed by atoms with van der Waals surface area (Å²) in [6.07, 6.45) is 2.30. The molecule has 0 spiro atoms. The van der Waals surface area contributed by atoms with E-state index in [0.717, 1.165) is 18.5 Å². The summed E-state index contributed by atoms with van der Waals surface area (Å²) in [6, 6.07) is 8.49. The van der Waals surface area contributed by atoms with Crippen molar-refractivity contribution in [1.29, 1.82) is 0 Å². The Morgan fingerprint density at radius 3 is 2.65 bits per heavy atom. The van der Waals surface area contributed by atoms with Crippen molar-refractivity contribution in [2.45, 2.75) is 25.7 Å². The Labute approximate surface area is 133 Å². The van der Waals surface area contributed by atoms with E-state index in [4.69, 9.17) is 0 Å². The van der Waals surface area contributed by atoms with E-state index in [-0.39, 0.29) is 11.9 Å². The smallest absolute Gasteiger partial charge is 0.319 e. The first-order valence-corrected chi connectivity index (χ1v) is 7.67. The average molecular weight is 313 g/mol. The lowest BCUT2D eigenvalue weighted by Crippen LogP contribution is -2.28. The van der Waals surface area contributed by atoms with E-state index in [9.17, 15) is 9.59 Å².